The summed E-state index contributed by atoms with van der Waals surface area (Å²) in [6.45, 7) is 4.74. The van der Waals surface area contributed by atoms with Crippen LogP contribution in [-0.4, -0.2) is 37.6 Å². The fourth-order valence-corrected chi connectivity index (χ4v) is 2.41. The maximum Gasteiger partial charge on any atom is 0.239 e. The fraction of sp³-hybridized carbons (Fsp3) is 0.500. The van der Waals surface area contributed by atoms with Crippen LogP contribution in [0, 0.1) is 5.92 Å². The van der Waals surface area contributed by atoms with E-state index in [1.54, 1.807) is 12.1 Å². The molecule has 0 aliphatic carbocycles. The number of carbonyl (C=O) groups is 2. The standard InChI is InChI=1S/C16H22ClN3O4.ClH/c1-9(2)14(18)16(22)20-8-13(21)19-7-10-5-11(17)15-12(6-10)23-3-4-24-15;/h5-6,9,14H,3-4,7-8,18H2,1-2H3,(H,19,21)(H,20,22);1H/t14-;/m0./s1. The number of nitrogens with two attached hydrogens (primary N) is 1. The van der Waals surface area contributed by atoms with Gasteiger partial charge in [0.2, 0.25) is 11.8 Å². The summed E-state index contributed by atoms with van der Waals surface area (Å²) in [6.07, 6.45) is 0. The first kappa shape index (κ1) is 21.3. The van der Waals surface area contributed by atoms with Crippen molar-refractivity contribution >= 4 is 35.8 Å². The molecule has 9 heteroatoms. The third-order valence-corrected chi connectivity index (χ3v) is 3.87. The molecule has 1 heterocycles. The average Bonchev–Trinajstić information content (AvgIpc) is 2.57. The third-order valence-electron chi connectivity index (χ3n) is 3.59. The van der Waals surface area contributed by atoms with Crippen molar-refractivity contribution in [1.29, 1.82) is 0 Å². The van der Waals surface area contributed by atoms with Crippen LogP contribution in [0.4, 0.5) is 0 Å². The highest BCUT2D eigenvalue weighted by Gasteiger charge is 2.18. The van der Waals surface area contributed by atoms with Crippen molar-refractivity contribution in [3.05, 3.63) is 22.7 Å². The van der Waals surface area contributed by atoms with Crippen LogP contribution < -0.4 is 25.8 Å². The second kappa shape index (κ2) is 9.70. The Labute approximate surface area is 158 Å². The van der Waals surface area contributed by atoms with E-state index in [-0.39, 0.29) is 43.2 Å². The molecule has 7 nitrogen and oxygen atoms in total. The number of fused-ring (bicyclic) bond motifs is 1. The molecule has 1 atom stereocenters. The van der Waals surface area contributed by atoms with Crippen molar-refractivity contribution in [2.24, 2.45) is 11.7 Å². The molecule has 1 aliphatic rings. The maximum atomic E-state index is 11.8. The summed E-state index contributed by atoms with van der Waals surface area (Å²) < 4.78 is 10.9. The number of ether oxygens (including phenoxy) is 2. The van der Waals surface area contributed by atoms with Crippen molar-refractivity contribution in [1.82, 2.24) is 10.6 Å². The fourth-order valence-electron chi connectivity index (χ4n) is 2.12. The van der Waals surface area contributed by atoms with Crippen LogP contribution in [0.15, 0.2) is 12.1 Å². The van der Waals surface area contributed by atoms with Crippen molar-refractivity contribution < 1.29 is 19.1 Å². The first-order valence-corrected chi connectivity index (χ1v) is 8.14. The van der Waals surface area contributed by atoms with Crippen LogP contribution in [0.3, 0.4) is 0 Å². The lowest BCUT2D eigenvalue weighted by molar-refractivity contribution is -0.127. The van der Waals surface area contributed by atoms with Gasteiger partial charge in [-0.2, -0.15) is 0 Å². The number of benzene rings is 1. The zero-order valence-electron chi connectivity index (χ0n) is 14.1. The summed E-state index contributed by atoms with van der Waals surface area (Å²) in [6, 6.07) is 2.85. The molecule has 4 N–H and O–H groups in total. The van der Waals surface area contributed by atoms with E-state index in [0.717, 1.165) is 5.56 Å². The minimum absolute atomic E-state index is 0. The number of hydrogen-bond donors (Lipinski definition) is 3. The second-order valence-electron chi connectivity index (χ2n) is 5.87. The van der Waals surface area contributed by atoms with E-state index in [2.05, 4.69) is 10.6 Å². The molecule has 0 radical (unpaired) electrons. The molecule has 0 fully saturated rings. The maximum absolute atomic E-state index is 11.8. The van der Waals surface area contributed by atoms with Gasteiger partial charge in [0.1, 0.15) is 13.2 Å². The minimum atomic E-state index is -0.630. The highest BCUT2D eigenvalue weighted by molar-refractivity contribution is 6.32. The number of nitrogens with one attached hydrogen (secondary N) is 2. The molecular formula is C16H23Cl2N3O4. The highest BCUT2D eigenvalue weighted by atomic mass is 35.5. The van der Waals surface area contributed by atoms with Crippen LogP contribution in [0.2, 0.25) is 5.02 Å². The summed E-state index contributed by atoms with van der Waals surface area (Å²) in [5.41, 5.74) is 6.49. The average molecular weight is 392 g/mol. The summed E-state index contributed by atoms with van der Waals surface area (Å²) in [5.74, 6) is 0.433. The topological polar surface area (TPSA) is 103 Å². The summed E-state index contributed by atoms with van der Waals surface area (Å²) in [7, 11) is 0. The predicted octanol–water partition coefficient (Wildman–Crippen LogP) is 1.25. The van der Waals surface area contributed by atoms with E-state index >= 15 is 0 Å². The van der Waals surface area contributed by atoms with Crippen LogP contribution in [0.25, 0.3) is 0 Å². The van der Waals surface area contributed by atoms with Gasteiger partial charge in [-0.25, -0.2) is 0 Å². The van der Waals surface area contributed by atoms with Gasteiger partial charge in [-0.1, -0.05) is 25.4 Å². The van der Waals surface area contributed by atoms with E-state index in [1.165, 1.54) is 0 Å². The molecule has 2 rings (SSSR count). The van der Waals surface area contributed by atoms with Gasteiger partial charge in [-0.05, 0) is 23.6 Å². The van der Waals surface area contributed by atoms with E-state index in [9.17, 15) is 9.59 Å². The molecular weight excluding hydrogens is 369 g/mol. The van der Waals surface area contributed by atoms with Gasteiger partial charge in [0, 0.05) is 6.54 Å². The largest absolute Gasteiger partial charge is 0.486 e. The first-order valence-electron chi connectivity index (χ1n) is 7.76. The van der Waals surface area contributed by atoms with Gasteiger partial charge in [0.25, 0.3) is 0 Å². The predicted molar refractivity (Wildman–Crippen MR) is 97.4 cm³/mol. The molecule has 0 aromatic heterocycles. The number of amides is 2. The lowest BCUT2D eigenvalue weighted by Crippen LogP contribution is -2.47. The van der Waals surface area contributed by atoms with E-state index < -0.39 is 6.04 Å². The molecule has 1 aliphatic heterocycles. The van der Waals surface area contributed by atoms with Gasteiger partial charge in [0.05, 0.1) is 17.6 Å². The van der Waals surface area contributed by atoms with Gasteiger partial charge in [-0.3, -0.25) is 9.59 Å². The van der Waals surface area contributed by atoms with Gasteiger partial charge in [0.15, 0.2) is 11.5 Å². The molecule has 0 unspecified atom stereocenters. The third kappa shape index (κ3) is 5.95. The Morgan fingerprint density at radius 2 is 1.92 bits per heavy atom. The van der Waals surface area contributed by atoms with Crippen molar-refractivity contribution in [3.8, 4) is 11.5 Å². The molecule has 2 amide bonds. The lowest BCUT2D eigenvalue weighted by Gasteiger charge is -2.20. The Balaban J connectivity index is 0.00000312. The SMILES string of the molecule is CC(C)[C@H](N)C(=O)NCC(=O)NCc1cc(Cl)c2c(c1)OCCO2.Cl. The smallest absolute Gasteiger partial charge is 0.239 e. The van der Waals surface area contributed by atoms with Gasteiger partial charge < -0.3 is 25.8 Å². The number of carbonyl (C=O) groups excluding carboxylic acids is 2. The zero-order chi connectivity index (χ0) is 17.7. The Hall–Kier alpha value is -1.70. The lowest BCUT2D eigenvalue weighted by atomic mass is 10.1. The summed E-state index contributed by atoms with van der Waals surface area (Å²) >= 11 is 6.14. The second-order valence-corrected chi connectivity index (χ2v) is 6.27. The molecule has 0 saturated carbocycles. The van der Waals surface area contributed by atoms with Gasteiger partial charge >= 0.3 is 0 Å². The van der Waals surface area contributed by atoms with Crippen molar-refractivity contribution in [3.63, 3.8) is 0 Å². The van der Waals surface area contributed by atoms with E-state index in [0.29, 0.717) is 29.7 Å². The molecule has 140 valence electrons. The quantitative estimate of drug-likeness (QED) is 0.676. The van der Waals surface area contributed by atoms with Crippen LogP contribution >= 0.6 is 24.0 Å². The van der Waals surface area contributed by atoms with Crippen LogP contribution in [0.5, 0.6) is 11.5 Å². The van der Waals surface area contributed by atoms with Crippen LogP contribution in [-0.2, 0) is 16.1 Å². The molecule has 0 spiro atoms. The Bertz CT molecular complexity index is 626. The van der Waals surface area contributed by atoms with Crippen LogP contribution in [0.1, 0.15) is 19.4 Å². The minimum Gasteiger partial charge on any atom is -0.486 e. The van der Waals surface area contributed by atoms with Crippen molar-refractivity contribution in [2.45, 2.75) is 26.4 Å². The molecule has 0 bridgehead atoms. The molecule has 1 aromatic carbocycles. The zero-order valence-corrected chi connectivity index (χ0v) is 15.7. The molecule has 1 aromatic rings. The van der Waals surface area contributed by atoms with Gasteiger partial charge in [-0.15, -0.1) is 12.4 Å². The Kier molecular flexibility index (Phi) is 8.28. The monoisotopic (exact) mass is 391 g/mol. The molecule has 0 saturated heterocycles. The van der Waals surface area contributed by atoms with E-state index in [1.807, 2.05) is 13.8 Å². The summed E-state index contributed by atoms with van der Waals surface area (Å²) in [5, 5.41) is 5.66. The normalized spacial score (nSPS) is 13.6. The highest BCUT2D eigenvalue weighted by Crippen LogP contribution is 2.38. The number of rotatable bonds is 6. The van der Waals surface area contributed by atoms with E-state index in [4.69, 9.17) is 26.8 Å². The first-order chi connectivity index (χ1) is 11.4. The van der Waals surface area contributed by atoms with Crippen molar-refractivity contribution in [2.75, 3.05) is 19.8 Å². The molecule has 25 heavy (non-hydrogen) atoms. The Morgan fingerprint density at radius 1 is 1.24 bits per heavy atom. The number of hydrogen-bond acceptors (Lipinski definition) is 5. The Morgan fingerprint density at radius 3 is 2.60 bits per heavy atom. The number of halogens is 2. The summed E-state index contributed by atoms with van der Waals surface area (Å²) in [4.78, 5) is 23.5.